The maximum absolute atomic E-state index is 5.85. The van der Waals surface area contributed by atoms with Crippen molar-refractivity contribution in [1.29, 1.82) is 0 Å². The summed E-state index contributed by atoms with van der Waals surface area (Å²) in [5.74, 6) is 0. The molecule has 2 aromatic carbocycles. The largest absolute Gasteiger partial charge is 0.381 e. The normalized spacial score (nSPS) is 10.3. The summed E-state index contributed by atoms with van der Waals surface area (Å²) in [6.45, 7) is 2.94. The molecule has 1 N–H and O–H groups in total. The van der Waals surface area contributed by atoms with Gasteiger partial charge in [-0.05, 0) is 71.0 Å². The van der Waals surface area contributed by atoms with E-state index in [4.69, 9.17) is 11.6 Å². The number of hydrogen-bond acceptors (Lipinski definition) is 1. The number of hydrogen-bond donors (Lipinski definition) is 1. The zero-order valence-corrected chi connectivity index (χ0v) is 12.4. The van der Waals surface area contributed by atoms with Gasteiger partial charge in [0.05, 0.1) is 0 Å². The summed E-state index contributed by atoms with van der Waals surface area (Å²) in [5, 5.41) is 4.21. The summed E-state index contributed by atoms with van der Waals surface area (Å²) in [7, 11) is 0. The second kappa shape index (κ2) is 5.74. The summed E-state index contributed by atoms with van der Waals surface area (Å²) in [6.07, 6.45) is 0. The number of halogens is 2. The van der Waals surface area contributed by atoms with Gasteiger partial charge in [0.2, 0.25) is 0 Å². The van der Waals surface area contributed by atoms with E-state index in [1.165, 1.54) is 20.4 Å². The molecule has 0 amide bonds. The van der Waals surface area contributed by atoms with Crippen LogP contribution in [0.25, 0.3) is 0 Å². The molecule has 0 unspecified atom stereocenters. The first-order chi connectivity index (χ1) is 8.15. The van der Waals surface area contributed by atoms with Gasteiger partial charge in [-0.2, -0.15) is 0 Å². The Labute approximate surface area is 120 Å². The molecule has 0 aromatic heterocycles. The lowest BCUT2D eigenvalue weighted by Gasteiger charge is -2.10. The minimum absolute atomic E-state index is 0.777. The Bertz CT molecular complexity index is 508. The number of aryl methyl sites for hydroxylation is 1. The molecule has 0 atom stereocenters. The molecule has 0 fully saturated rings. The van der Waals surface area contributed by atoms with E-state index in [0.29, 0.717) is 0 Å². The van der Waals surface area contributed by atoms with E-state index >= 15 is 0 Å². The predicted molar refractivity (Wildman–Crippen MR) is 82.7 cm³/mol. The fraction of sp³-hybridized carbons (Fsp3) is 0.143. The second-order valence-corrected chi connectivity index (χ2v) is 5.62. The van der Waals surface area contributed by atoms with Crippen LogP contribution in [0.15, 0.2) is 42.5 Å². The average molecular weight is 358 g/mol. The lowest BCUT2D eigenvalue weighted by atomic mass is 10.2. The van der Waals surface area contributed by atoms with E-state index in [1.807, 2.05) is 24.3 Å². The fourth-order valence-corrected chi connectivity index (χ4v) is 2.40. The fourth-order valence-electron chi connectivity index (χ4n) is 1.62. The van der Waals surface area contributed by atoms with Crippen LogP contribution >= 0.6 is 34.2 Å². The molecule has 0 saturated heterocycles. The minimum Gasteiger partial charge on any atom is -0.381 e. The zero-order valence-electron chi connectivity index (χ0n) is 9.50. The van der Waals surface area contributed by atoms with E-state index in [-0.39, 0.29) is 0 Å². The van der Waals surface area contributed by atoms with Gasteiger partial charge in [0.15, 0.2) is 0 Å². The van der Waals surface area contributed by atoms with E-state index in [0.717, 1.165) is 11.6 Å². The topological polar surface area (TPSA) is 12.0 Å². The Balaban J connectivity index is 2.04. The van der Waals surface area contributed by atoms with Gasteiger partial charge in [0.1, 0.15) is 0 Å². The van der Waals surface area contributed by atoms with Crippen LogP contribution < -0.4 is 5.32 Å². The maximum Gasteiger partial charge on any atom is 0.0406 e. The van der Waals surface area contributed by atoms with Crippen molar-refractivity contribution in [2.45, 2.75) is 13.5 Å². The number of nitrogens with one attached hydrogen (secondary N) is 1. The quantitative estimate of drug-likeness (QED) is 0.773. The Kier molecular flexibility index (Phi) is 4.29. The smallest absolute Gasteiger partial charge is 0.0406 e. The molecule has 2 rings (SSSR count). The first kappa shape index (κ1) is 12.7. The van der Waals surface area contributed by atoms with E-state index in [2.05, 4.69) is 53.0 Å². The molecule has 0 radical (unpaired) electrons. The van der Waals surface area contributed by atoms with Crippen molar-refractivity contribution in [2.24, 2.45) is 0 Å². The predicted octanol–water partition coefficient (Wildman–Crippen LogP) is 4.87. The van der Waals surface area contributed by atoms with E-state index in [1.54, 1.807) is 0 Å². The van der Waals surface area contributed by atoms with Crippen molar-refractivity contribution in [3.05, 3.63) is 62.2 Å². The van der Waals surface area contributed by atoms with Gasteiger partial charge in [-0.15, -0.1) is 0 Å². The molecule has 0 spiro atoms. The Hall–Kier alpha value is -0.740. The van der Waals surface area contributed by atoms with Crippen LogP contribution in [-0.4, -0.2) is 0 Å². The molecule has 0 bridgehead atoms. The Morgan fingerprint density at radius 3 is 2.47 bits per heavy atom. The van der Waals surface area contributed by atoms with Gasteiger partial charge >= 0.3 is 0 Å². The molecule has 88 valence electrons. The minimum atomic E-state index is 0.777. The number of rotatable bonds is 3. The van der Waals surface area contributed by atoms with Gasteiger partial charge < -0.3 is 5.32 Å². The standard InChI is InChI=1S/C14H13ClIN/c1-10-8-13(16)6-7-14(10)17-9-11-2-4-12(15)5-3-11/h2-8,17H,9H2,1H3. The molecule has 2 aromatic rings. The zero-order chi connectivity index (χ0) is 12.3. The highest BCUT2D eigenvalue weighted by molar-refractivity contribution is 14.1. The number of anilines is 1. The van der Waals surface area contributed by atoms with Crippen molar-refractivity contribution in [3.8, 4) is 0 Å². The highest BCUT2D eigenvalue weighted by atomic mass is 127. The monoisotopic (exact) mass is 357 g/mol. The summed E-state index contributed by atoms with van der Waals surface area (Å²) < 4.78 is 1.26. The molecule has 0 aliphatic rings. The van der Waals surface area contributed by atoms with Crippen LogP contribution in [0.4, 0.5) is 5.69 Å². The molecule has 3 heteroatoms. The third-order valence-corrected chi connectivity index (χ3v) is 3.51. The number of benzene rings is 2. The second-order valence-electron chi connectivity index (χ2n) is 3.94. The van der Waals surface area contributed by atoms with Gasteiger partial charge in [-0.1, -0.05) is 23.7 Å². The van der Waals surface area contributed by atoms with Crippen molar-refractivity contribution >= 4 is 39.9 Å². The van der Waals surface area contributed by atoms with Gasteiger partial charge in [0, 0.05) is 20.8 Å². The van der Waals surface area contributed by atoms with Crippen molar-refractivity contribution in [1.82, 2.24) is 0 Å². The first-order valence-corrected chi connectivity index (χ1v) is 6.85. The van der Waals surface area contributed by atoms with Crippen LogP contribution in [-0.2, 0) is 6.54 Å². The molecule has 0 heterocycles. The average Bonchev–Trinajstić information content (AvgIpc) is 2.30. The van der Waals surface area contributed by atoms with Crippen LogP contribution in [0.3, 0.4) is 0 Å². The van der Waals surface area contributed by atoms with Crippen molar-refractivity contribution < 1.29 is 0 Å². The Morgan fingerprint density at radius 2 is 1.82 bits per heavy atom. The van der Waals surface area contributed by atoms with E-state index < -0.39 is 0 Å². The van der Waals surface area contributed by atoms with Gasteiger partial charge in [-0.3, -0.25) is 0 Å². The van der Waals surface area contributed by atoms with E-state index in [9.17, 15) is 0 Å². The van der Waals surface area contributed by atoms with Gasteiger partial charge in [-0.25, -0.2) is 0 Å². The maximum atomic E-state index is 5.85. The summed E-state index contributed by atoms with van der Waals surface area (Å²) in [5.41, 5.74) is 3.68. The molecular weight excluding hydrogens is 345 g/mol. The molecule has 0 saturated carbocycles. The van der Waals surface area contributed by atoms with Crippen LogP contribution in [0.2, 0.25) is 5.02 Å². The van der Waals surface area contributed by atoms with Crippen molar-refractivity contribution in [3.63, 3.8) is 0 Å². The van der Waals surface area contributed by atoms with Crippen LogP contribution in [0, 0.1) is 10.5 Å². The SMILES string of the molecule is Cc1cc(I)ccc1NCc1ccc(Cl)cc1. The lowest BCUT2D eigenvalue weighted by molar-refractivity contribution is 1.14. The lowest BCUT2D eigenvalue weighted by Crippen LogP contribution is -2.00. The third kappa shape index (κ3) is 3.61. The highest BCUT2D eigenvalue weighted by Crippen LogP contribution is 2.19. The Morgan fingerprint density at radius 1 is 1.12 bits per heavy atom. The highest BCUT2D eigenvalue weighted by Gasteiger charge is 1.99. The molecular formula is C14H13ClIN. The summed E-state index contributed by atoms with van der Waals surface area (Å²) >= 11 is 8.17. The molecule has 0 aliphatic carbocycles. The summed E-state index contributed by atoms with van der Waals surface area (Å²) in [6, 6.07) is 14.3. The van der Waals surface area contributed by atoms with Crippen LogP contribution in [0.5, 0.6) is 0 Å². The molecule has 17 heavy (non-hydrogen) atoms. The summed E-state index contributed by atoms with van der Waals surface area (Å²) in [4.78, 5) is 0. The van der Waals surface area contributed by atoms with Crippen molar-refractivity contribution in [2.75, 3.05) is 5.32 Å². The third-order valence-electron chi connectivity index (χ3n) is 2.58. The first-order valence-electron chi connectivity index (χ1n) is 5.39. The molecule has 1 nitrogen and oxygen atoms in total. The van der Waals surface area contributed by atoms with Gasteiger partial charge in [0.25, 0.3) is 0 Å². The molecule has 0 aliphatic heterocycles. The van der Waals surface area contributed by atoms with Crippen LogP contribution in [0.1, 0.15) is 11.1 Å².